The number of hydrogen-bond acceptors (Lipinski definition) is 4. The Hall–Kier alpha value is -2.27. The van der Waals surface area contributed by atoms with Gasteiger partial charge in [0.1, 0.15) is 0 Å². The third kappa shape index (κ3) is 4.19. The van der Waals surface area contributed by atoms with E-state index in [-0.39, 0.29) is 5.41 Å². The molecule has 0 bridgehead atoms. The van der Waals surface area contributed by atoms with Gasteiger partial charge in [0.25, 0.3) is 0 Å². The number of rotatable bonds is 4. The highest BCUT2D eigenvalue weighted by Crippen LogP contribution is 2.31. The lowest BCUT2D eigenvalue weighted by molar-refractivity contribution is 0.589. The maximum absolute atomic E-state index is 5.78. The molecule has 2 aromatic carbocycles. The van der Waals surface area contributed by atoms with E-state index in [0.29, 0.717) is 0 Å². The Morgan fingerprint density at radius 1 is 1.00 bits per heavy atom. The van der Waals surface area contributed by atoms with Gasteiger partial charge in [-0.3, -0.25) is 0 Å². The molecule has 0 amide bonds. The Kier molecular flexibility index (Phi) is 5.33. The highest BCUT2D eigenvalue weighted by Gasteiger charge is 2.17. The first-order valence-corrected chi connectivity index (χ1v) is 10.1. The molecule has 0 aliphatic heterocycles. The minimum atomic E-state index is 0.165. The monoisotopic (exact) mass is 380 g/mol. The topological polar surface area (TPSA) is 56.7 Å². The van der Waals surface area contributed by atoms with Gasteiger partial charge in [0, 0.05) is 24.1 Å². The fourth-order valence-electron chi connectivity index (χ4n) is 3.11. The van der Waals surface area contributed by atoms with E-state index in [2.05, 4.69) is 56.9 Å². The summed E-state index contributed by atoms with van der Waals surface area (Å²) < 4.78 is 2.05. The van der Waals surface area contributed by atoms with E-state index in [0.717, 1.165) is 28.0 Å². The quantitative estimate of drug-likeness (QED) is 0.495. The molecule has 4 nitrogen and oxygen atoms in total. The third-order valence-corrected chi connectivity index (χ3v) is 5.96. The molecule has 5 heteroatoms. The minimum absolute atomic E-state index is 0.165. The van der Waals surface area contributed by atoms with E-state index in [1.807, 2.05) is 35.9 Å². The second-order valence-corrected chi connectivity index (χ2v) is 9.06. The molecular weight excluding hydrogens is 352 g/mol. The third-order valence-electron chi connectivity index (χ3n) is 4.91. The van der Waals surface area contributed by atoms with E-state index in [1.165, 1.54) is 22.3 Å². The van der Waals surface area contributed by atoms with Crippen molar-refractivity contribution in [1.82, 2.24) is 14.8 Å². The first kappa shape index (κ1) is 19.5. The lowest BCUT2D eigenvalue weighted by Crippen LogP contribution is -2.12. The van der Waals surface area contributed by atoms with Crippen LogP contribution in [0.2, 0.25) is 0 Å². The van der Waals surface area contributed by atoms with Crippen molar-refractivity contribution < 1.29 is 0 Å². The summed E-state index contributed by atoms with van der Waals surface area (Å²) in [6.07, 6.45) is 0. The Balaban J connectivity index is 1.81. The molecule has 1 aromatic heterocycles. The van der Waals surface area contributed by atoms with Crippen molar-refractivity contribution in [2.75, 3.05) is 5.73 Å². The van der Waals surface area contributed by atoms with Gasteiger partial charge in [0.15, 0.2) is 11.0 Å². The Morgan fingerprint density at radius 3 is 2.15 bits per heavy atom. The van der Waals surface area contributed by atoms with Crippen LogP contribution in [0.3, 0.4) is 0 Å². The van der Waals surface area contributed by atoms with E-state index in [1.54, 1.807) is 11.8 Å². The molecule has 0 aliphatic rings. The molecule has 0 spiro atoms. The zero-order chi connectivity index (χ0) is 19.8. The van der Waals surface area contributed by atoms with Gasteiger partial charge in [0.2, 0.25) is 0 Å². The molecule has 0 aliphatic carbocycles. The normalized spacial score (nSPS) is 11.8. The van der Waals surface area contributed by atoms with E-state index in [9.17, 15) is 0 Å². The van der Waals surface area contributed by atoms with Gasteiger partial charge in [-0.15, -0.1) is 10.2 Å². The van der Waals surface area contributed by atoms with Crippen molar-refractivity contribution in [2.24, 2.45) is 7.05 Å². The van der Waals surface area contributed by atoms with E-state index in [4.69, 9.17) is 5.73 Å². The van der Waals surface area contributed by atoms with Gasteiger partial charge >= 0.3 is 0 Å². The molecular formula is C22H28N4S. The molecule has 1 heterocycles. The highest BCUT2D eigenvalue weighted by atomic mass is 32.2. The largest absolute Gasteiger partial charge is 0.399 e. The van der Waals surface area contributed by atoms with Crippen molar-refractivity contribution in [3.05, 3.63) is 58.7 Å². The van der Waals surface area contributed by atoms with Crippen molar-refractivity contribution in [3.63, 3.8) is 0 Å². The van der Waals surface area contributed by atoms with Crippen LogP contribution in [-0.4, -0.2) is 14.8 Å². The summed E-state index contributed by atoms with van der Waals surface area (Å²) >= 11 is 1.73. The predicted molar refractivity (Wildman–Crippen MR) is 115 cm³/mol. The highest BCUT2D eigenvalue weighted by molar-refractivity contribution is 7.98. The molecule has 2 N–H and O–H groups in total. The number of aromatic nitrogens is 3. The summed E-state index contributed by atoms with van der Waals surface area (Å²) in [7, 11) is 2.01. The van der Waals surface area contributed by atoms with Crippen LogP contribution in [0.4, 0.5) is 5.69 Å². The number of nitrogens with zero attached hydrogens (tertiary/aromatic N) is 3. The zero-order valence-electron chi connectivity index (χ0n) is 17.0. The summed E-state index contributed by atoms with van der Waals surface area (Å²) in [5.74, 6) is 1.74. The molecule has 142 valence electrons. The molecule has 27 heavy (non-hydrogen) atoms. The van der Waals surface area contributed by atoms with Gasteiger partial charge in [-0.2, -0.15) is 0 Å². The minimum Gasteiger partial charge on any atom is -0.399 e. The van der Waals surface area contributed by atoms with Gasteiger partial charge in [0.05, 0.1) is 0 Å². The first-order chi connectivity index (χ1) is 12.7. The maximum Gasteiger partial charge on any atom is 0.191 e. The maximum atomic E-state index is 5.78. The van der Waals surface area contributed by atoms with Gasteiger partial charge in [-0.05, 0) is 65.8 Å². The summed E-state index contributed by atoms with van der Waals surface area (Å²) in [4.78, 5) is 0. The van der Waals surface area contributed by atoms with Crippen LogP contribution >= 0.6 is 11.8 Å². The molecule has 0 fully saturated rings. The number of thioether (sulfide) groups is 1. The first-order valence-electron chi connectivity index (χ1n) is 9.15. The standard InChI is InChI=1S/C22H28N4S/c1-14-11-17(22(3,4)5)12-15(2)19(14)13-27-21-25-24-20(26(21)6)16-7-9-18(23)10-8-16/h7-12H,13,23H2,1-6H3. The van der Waals surface area contributed by atoms with E-state index < -0.39 is 0 Å². The Morgan fingerprint density at radius 2 is 1.59 bits per heavy atom. The van der Waals surface area contributed by atoms with Crippen LogP contribution in [-0.2, 0) is 18.2 Å². The number of aryl methyl sites for hydroxylation is 2. The van der Waals surface area contributed by atoms with Crippen LogP contribution in [0.5, 0.6) is 0 Å². The van der Waals surface area contributed by atoms with Crippen molar-refractivity contribution in [2.45, 2.75) is 50.9 Å². The van der Waals surface area contributed by atoms with Gasteiger partial charge in [-0.1, -0.05) is 44.7 Å². The molecule has 0 saturated heterocycles. The molecule has 0 radical (unpaired) electrons. The van der Waals surface area contributed by atoms with Crippen LogP contribution < -0.4 is 5.73 Å². The number of benzene rings is 2. The van der Waals surface area contributed by atoms with Gasteiger partial charge < -0.3 is 10.3 Å². The molecule has 0 saturated carbocycles. The van der Waals surface area contributed by atoms with Crippen molar-refractivity contribution in [1.29, 1.82) is 0 Å². The van der Waals surface area contributed by atoms with Crippen LogP contribution in [0.15, 0.2) is 41.6 Å². The number of anilines is 1. The summed E-state index contributed by atoms with van der Waals surface area (Å²) in [6.45, 7) is 11.2. The fourth-order valence-corrected chi connectivity index (χ4v) is 4.22. The summed E-state index contributed by atoms with van der Waals surface area (Å²) in [5.41, 5.74) is 13.2. The van der Waals surface area contributed by atoms with Crippen LogP contribution in [0.25, 0.3) is 11.4 Å². The lowest BCUT2D eigenvalue weighted by Gasteiger charge is -2.22. The average molecular weight is 381 g/mol. The SMILES string of the molecule is Cc1cc(C(C)(C)C)cc(C)c1CSc1nnc(-c2ccc(N)cc2)n1C. The number of nitrogen functional groups attached to an aromatic ring is 1. The average Bonchev–Trinajstić information content (AvgIpc) is 2.95. The van der Waals surface area contributed by atoms with Crippen LogP contribution in [0.1, 0.15) is 43.0 Å². The van der Waals surface area contributed by atoms with Gasteiger partial charge in [-0.25, -0.2) is 0 Å². The number of nitrogens with two attached hydrogens (primary N) is 1. The molecule has 3 aromatic rings. The van der Waals surface area contributed by atoms with Crippen molar-refractivity contribution >= 4 is 17.4 Å². The fraction of sp³-hybridized carbons (Fsp3) is 0.364. The summed E-state index contributed by atoms with van der Waals surface area (Å²) in [6, 6.07) is 12.4. The second-order valence-electron chi connectivity index (χ2n) is 8.11. The smallest absolute Gasteiger partial charge is 0.191 e. The number of hydrogen-bond donors (Lipinski definition) is 1. The Bertz CT molecular complexity index is 926. The second kappa shape index (κ2) is 7.39. The predicted octanol–water partition coefficient (Wildman–Crippen LogP) is 5.27. The van der Waals surface area contributed by atoms with Crippen molar-refractivity contribution in [3.8, 4) is 11.4 Å². The Labute approximate surface area is 166 Å². The zero-order valence-corrected chi connectivity index (χ0v) is 17.8. The van der Waals surface area contributed by atoms with E-state index >= 15 is 0 Å². The molecule has 0 atom stereocenters. The lowest BCUT2D eigenvalue weighted by atomic mass is 9.84. The molecule has 0 unspecified atom stereocenters. The summed E-state index contributed by atoms with van der Waals surface area (Å²) in [5, 5.41) is 9.68. The molecule has 3 rings (SSSR count). The van der Waals surface area contributed by atoms with Crippen LogP contribution in [0, 0.1) is 13.8 Å².